The fourth-order valence-corrected chi connectivity index (χ4v) is 1.05. The van der Waals surface area contributed by atoms with Gasteiger partial charge >= 0.3 is 0 Å². The minimum absolute atomic E-state index is 0.721. The first-order valence-electron chi connectivity index (χ1n) is 3.99. The highest BCUT2D eigenvalue weighted by Crippen LogP contribution is 2.14. The quantitative estimate of drug-likeness (QED) is 0.661. The van der Waals surface area contributed by atoms with Gasteiger partial charge in [-0.3, -0.25) is 4.68 Å². The lowest BCUT2D eigenvalue weighted by molar-refractivity contribution is 0.645. The van der Waals surface area contributed by atoms with Gasteiger partial charge in [0.15, 0.2) is 0 Å². The normalized spacial score (nSPS) is 10.2. The Bertz CT molecular complexity index is 289. The summed E-state index contributed by atoms with van der Waals surface area (Å²) in [6.07, 6.45) is 2.65. The largest absolute Gasteiger partial charge is 0.264 e. The summed E-state index contributed by atoms with van der Waals surface area (Å²) in [4.78, 5) is 0. The van der Waals surface area contributed by atoms with Gasteiger partial charge in [0.25, 0.3) is 0 Å². The predicted molar refractivity (Wildman–Crippen MR) is 51.4 cm³/mol. The summed E-state index contributed by atoms with van der Waals surface area (Å²) in [5.74, 6) is 0. The van der Waals surface area contributed by atoms with E-state index >= 15 is 0 Å². The standard InChI is InChI=1S/C9H13ClN2/c1-4-7(2)6-12-8(3)9(10)5-11-12/h5H,2,4,6H2,1,3H3. The minimum atomic E-state index is 0.721. The second kappa shape index (κ2) is 3.76. The number of nitrogens with zero attached hydrogens (tertiary/aromatic N) is 2. The van der Waals surface area contributed by atoms with Gasteiger partial charge in [0.05, 0.1) is 23.5 Å². The maximum absolute atomic E-state index is 5.84. The van der Waals surface area contributed by atoms with Crippen molar-refractivity contribution in [2.24, 2.45) is 0 Å². The second-order valence-corrected chi connectivity index (χ2v) is 3.25. The van der Waals surface area contributed by atoms with Crippen molar-refractivity contribution in [3.8, 4) is 0 Å². The van der Waals surface area contributed by atoms with Crippen LogP contribution in [0.15, 0.2) is 18.3 Å². The van der Waals surface area contributed by atoms with Crippen LogP contribution in [0.1, 0.15) is 19.0 Å². The third kappa shape index (κ3) is 1.89. The zero-order valence-corrected chi connectivity index (χ0v) is 8.23. The van der Waals surface area contributed by atoms with E-state index in [1.807, 2.05) is 11.6 Å². The smallest absolute Gasteiger partial charge is 0.0815 e. The molecule has 0 aromatic carbocycles. The van der Waals surface area contributed by atoms with E-state index in [0.29, 0.717) is 0 Å². The molecule has 2 nitrogen and oxygen atoms in total. The molecule has 66 valence electrons. The van der Waals surface area contributed by atoms with E-state index < -0.39 is 0 Å². The van der Waals surface area contributed by atoms with E-state index in [1.165, 1.54) is 0 Å². The molecule has 1 aromatic heterocycles. The molecule has 0 saturated heterocycles. The first kappa shape index (κ1) is 9.33. The van der Waals surface area contributed by atoms with Gasteiger partial charge in [0, 0.05) is 0 Å². The Hall–Kier alpha value is -0.760. The van der Waals surface area contributed by atoms with Crippen molar-refractivity contribution < 1.29 is 0 Å². The van der Waals surface area contributed by atoms with E-state index in [2.05, 4.69) is 18.6 Å². The molecule has 0 bridgehead atoms. The summed E-state index contributed by atoms with van der Waals surface area (Å²) in [7, 11) is 0. The van der Waals surface area contributed by atoms with Crippen LogP contribution in [0.3, 0.4) is 0 Å². The molecule has 3 heteroatoms. The Kier molecular flexibility index (Phi) is 2.93. The Labute approximate surface area is 77.8 Å². The van der Waals surface area contributed by atoms with Crippen molar-refractivity contribution in [3.05, 3.63) is 29.1 Å². The summed E-state index contributed by atoms with van der Waals surface area (Å²) in [6.45, 7) is 8.73. The molecule has 0 unspecified atom stereocenters. The number of aromatic nitrogens is 2. The van der Waals surface area contributed by atoms with Crippen molar-refractivity contribution >= 4 is 11.6 Å². The number of hydrogen-bond donors (Lipinski definition) is 0. The third-order valence-corrected chi connectivity index (χ3v) is 2.29. The molecule has 0 atom stereocenters. The van der Waals surface area contributed by atoms with Crippen LogP contribution in [-0.2, 0) is 6.54 Å². The van der Waals surface area contributed by atoms with Crippen molar-refractivity contribution in [3.63, 3.8) is 0 Å². The topological polar surface area (TPSA) is 17.8 Å². The van der Waals surface area contributed by atoms with E-state index in [0.717, 1.165) is 29.3 Å². The van der Waals surface area contributed by atoms with Gasteiger partial charge in [0.1, 0.15) is 0 Å². The third-order valence-electron chi connectivity index (χ3n) is 1.92. The molecule has 0 fully saturated rings. The van der Waals surface area contributed by atoms with Crippen LogP contribution < -0.4 is 0 Å². The van der Waals surface area contributed by atoms with Gasteiger partial charge in [0.2, 0.25) is 0 Å². The van der Waals surface area contributed by atoms with Crippen LogP contribution in [0.2, 0.25) is 5.02 Å². The second-order valence-electron chi connectivity index (χ2n) is 2.84. The minimum Gasteiger partial charge on any atom is -0.264 e. The molecule has 0 aliphatic heterocycles. The SMILES string of the molecule is C=C(CC)Cn1ncc(Cl)c1C. The molecule has 1 rings (SSSR count). The fraction of sp³-hybridized carbons (Fsp3) is 0.444. The highest BCUT2D eigenvalue weighted by Gasteiger charge is 2.03. The van der Waals surface area contributed by atoms with Gasteiger partial charge in [-0.25, -0.2) is 0 Å². The molecular weight excluding hydrogens is 172 g/mol. The van der Waals surface area contributed by atoms with E-state index in [-0.39, 0.29) is 0 Å². The predicted octanol–water partition coefficient (Wildman–Crippen LogP) is 2.81. The monoisotopic (exact) mass is 184 g/mol. The van der Waals surface area contributed by atoms with Crippen LogP contribution >= 0.6 is 11.6 Å². The maximum Gasteiger partial charge on any atom is 0.0815 e. The first-order chi connectivity index (χ1) is 5.65. The van der Waals surface area contributed by atoms with E-state index in [4.69, 9.17) is 11.6 Å². The lowest BCUT2D eigenvalue weighted by Crippen LogP contribution is -2.03. The molecule has 0 saturated carbocycles. The van der Waals surface area contributed by atoms with Crippen LogP contribution in [0.5, 0.6) is 0 Å². The van der Waals surface area contributed by atoms with E-state index in [1.54, 1.807) is 6.20 Å². The average Bonchev–Trinajstić information content (AvgIpc) is 2.36. The lowest BCUT2D eigenvalue weighted by Gasteiger charge is -2.04. The van der Waals surface area contributed by atoms with Gasteiger partial charge in [-0.05, 0) is 13.3 Å². The fourth-order valence-electron chi connectivity index (χ4n) is 0.907. The molecule has 0 aliphatic carbocycles. The Morgan fingerprint density at radius 2 is 2.42 bits per heavy atom. The van der Waals surface area contributed by atoms with E-state index in [9.17, 15) is 0 Å². The number of halogens is 1. The zero-order valence-electron chi connectivity index (χ0n) is 7.47. The van der Waals surface area contributed by atoms with Gasteiger partial charge in [-0.2, -0.15) is 5.10 Å². The van der Waals surface area contributed by atoms with Gasteiger partial charge in [-0.1, -0.05) is 30.7 Å². The van der Waals surface area contributed by atoms with Crippen LogP contribution in [-0.4, -0.2) is 9.78 Å². The number of allylic oxidation sites excluding steroid dienone is 1. The van der Waals surface area contributed by atoms with Crippen molar-refractivity contribution in [1.82, 2.24) is 9.78 Å². The molecular formula is C9H13ClN2. The molecule has 0 amide bonds. The van der Waals surface area contributed by atoms with Gasteiger partial charge in [-0.15, -0.1) is 0 Å². The highest BCUT2D eigenvalue weighted by molar-refractivity contribution is 6.31. The number of rotatable bonds is 3. The van der Waals surface area contributed by atoms with Crippen LogP contribution in [0.25, 0.3) is 0 Å². The Balaban J connectivity index is 2.76. The van der Waals surface area contributed by atoms with Crippen LogP contribution in [0.4, 0.5) is 0 Å². The number of hydrogen-bond acceptors (Lipinski definition) is 1. The molecule has 1 aromatic rings. The first-order valence-corrected chi connectivity index (χ1v) is 4.37. The maximum atomic E-state index is 5.84. The van der Waals surface area contributed by atoms with Crippen molar-refractivity contribution in [2.75, 3.05) is 0 Å². The average molecular weight is 185 g/mol. The molecule has 1 heterocycles. The Morgan fingerprint density at radius 1 is 1.75 bits per heavy atom. The molecule has 0 radical (unpaired) electrons. The lowest BCUT2D eigenvalue weighted by atomic mass is 10.2. The van der Waals surface area contributed by atoms with Crippen LogP contribution in [0, 0.1) is 6.92 Å². The zero-order chi connectivity index (χ0) is 9.14. The highest BCUT2D eigenvalue weighted by atomic mass is 35.5. The summed E-state index contributed by atoms with van der Waals surface area (Å²) in [5, 5.41) is 4.85. The molecule has 0 aliphatic rings. The molecule has 12 heavy (non-hydrogen) atoms. The summed E-state index contributed by atoms with van der Waals surface area (Å²) in [6, 6.07) is 0. The Morgan fingerprint density at radius 3 is 2.83 bits per heavy atom. The van der Waals surface area contributed by atoms with Crippen molar-refractivity contribution in [1.29, 1.82) is 0 Å². The van der Waals surface area contributed by atoms with Crippen molar-refractivity contribution in [2.45, 2.75) is 26.8 Å². The molecule has 0 N–H and O–H groups in total. The molecule has 0 spiro atoms. The van der Waals surface area contributed by atoms with Gasteiger partial charge < -0.3 is 0 Å². The summed E-state index contributed by atoms with van der Waals surface area (Å²) < 4.78 is 1.87. The summed E-state index contributed by atoms with van der Waals surface area (Å²) in [5.41, 5.74) is 2.17. The summed E-state index contributed by atoms with van der Waals surface area (Å²) >= 11 is 5.84.